The lowest BCUT2D eigenvalue weighted by Crippen LogP contribution is -2.29. The Labute approximate surface area is 306 Å². The molecule has 0 aliphatic rings. The molecule has 10 heteroatoms. The van der Waals surface area contributed by atoms with Crippen molar-refractivity contribution in [3.05, 3.63) is 24.3 Å². The molecule has 0 heterocycles. The summed E-state index contributed by atoms with van der Waals surface area (Å²) in [4.78, 5) is 34.7. The molecular formula is C40H76NO8P. The van der Waals surface area contributed by atoms with Crippen LogP contribution in [0, 0.1) is 0 Å². The highest BCUT2D eigenvalue weighted by molar-refractivity contribution is 7.47. The highest BCUT2D eigenvalue weighted by Crippen LogP contribution is 2.43. The Morgan fingerprint density at radius 3 is 1.46 bits per heavy atom. The van der Waals surface area contributed by atoms with E-state index in [0.717, 1.165) is 57.8 Å². The molecule has 50 heavy (non-hydrogen) atoms. The van der Waals surface area contributed by atoms with Crippen LogP contribution in [0.15, 0.2) is 24.3 Å². The van der Waals surface area contributed by atoms with E-state index in [2.05, 4.69) is 38.2 Å². The van der Waals surface area contributed by atoms with Gasteiger partial charge in [0, 0.05) is 19.4 Å². The molecule has 0 fully saturated rings. The number of carbonyl (C=O) groups is 2. The van der Waals surface area contributed by atoms with Crippen LogP contribution in [0.1, 0.15) is 187 Å². The summed E-state index contributed by atoms with van der Waals surface area (Å²) in [5.41, 5.74) is 5.33. The first kappa shape index (κ1) is 48.5. The number of rotatable bonds is 38. The molecule has 0 aromatic carbocycles. The normalized spacial score (nSPS) is 13.6. The van der Waals surface area contributed by atoms with Crippen LogP contribution in [0.3, 0.4) is 0 Å². The fourth-order valence-electron chi connectivity index (χ4n) is 5.51. The average molecular weight is 730 g/mol. The van der Waals surface area contributed by atoms with Crippen LogP contribution < -0.4 is 5.73 Å². The Kier molecular flexibility index (Phi) is 36.1. The summed E-state index contributed by atoms with van der Waals surface area (Å²) in [6.07, 6.45) is 37.8. The van der Waals surface area contributed by atoms with Crippen molar-refractivity contribution in [3.63, 3.8) is 0 Å². The molecule has 0 radical (unpaired) electrons. The van der Waals surface area contributed by atoms with Crippen molar-refractivity contribution >= 4 is 19.8 Å². The van der Waals surface area contributed by atoms with Gasteiger partial charge in [0.25, 0.3) is 0 Å². The van der Waals surface area contributed by atoms with E-state index < -0.39 is 32.5 Å². The van der Waals surface area contributed by atoms with Crippen LogP contribution in [0.5, 0.6) is 0 Å². The zero-order valence-electron chi connectivity index (χ0n) is 32.1. The average Bonchev–Trinajstić information content (AvgIpc) is 3.10. The molecule has 0 bridgehead atoms. The van der Waals surface area contributed by atoms with Gasteiger partial charge in [-0.15, -0.1) is 0 Å². The minimum Gasteiger partial charge on any atom is -0.462 e. The predicted octanol–water partition coefficient (Wildman–Crippen LogP) is 11.2. The van der Waals surface area contributed by atoms with Crippen LogP contribution in [0.2, 0.25) is 0 Å². The van der Waals surface area contributed by atoms with Crippen molar-refractivity contribution in [1.82, 2.24) is 0 Å². The SMILES string of the molecule is CCCCCCC/C=C/CCCCCCCC(=O)OC[C@H](COP(=O)(O)OCCN)OC(=O)CCCC/C=C/CCCCCCCCCCC. The van der Waals surface area contributed by atoms with E-state index >= 15 is 0 Å². The third-order valence-electron chi connectivity index (χ3n) is 8.56. The summed E-state index contributed by atoms with van der Waals surface area (Å²) < 4.78 is 32.7. The van der Waals surface area contributed by atoms with Gasteiger partial charge in [0.1, 0.15) is 6.61 Å². The number of unbranched alkanes of at least 4 members (excludes halogenated alkanes) is 21. The largest absolute Gasteiger partial charge is 0.472 e. The lowest BCUT2D eigenvalue weighted by molar-refractivity contribution is -0.161. The summed E-state index contributed by atoms with van der Waals surface area (Å²) in [5.74, 6) is -0.862. The monoisotopic (exact) mass is 730 g/mol. The summed E-state index contributed by atoms with van der Waals surface area (Å²) in [6.45, 7) is 3.69. The van der Waals surface area contributed by atoms with E-state index in [4.69, 9.17) is 24.3 Å². The molecule has 0 saturated carbocycles. The molecule has 3 N–H and O–H groups in total. The molecule has 0 aromatic heterocycles. The number of hydrogen-bond donors (Lipinski definition) is 2. The van der Waals surface area contributed by atoms with Gasteiger partial charge in [-0.1, -0.05) is 134 Å². The van der Waals surface area contributed by atoms with Gasteiger partial charge in [-0.3, -0.25) is 18.6 Å². The number of ether oxygens (including phenoxy) is 2. The van der Waals surface area contributed by atoms with Crippen LogP contribution in [0.25, 0.3) is 0 Å². The second-order valence-electron chi connectivity index (χ2n) is 13.5. The fraction of sp³-hybridized carbons (Fsp3) is 0.850. The maximum absolute atomic E-state index is 12.5. The highest BCUT2D eigenvalue weighted by atomic mass is 31.2. The van der Waals surface area contributed by atoms with Crippen LogP contribution in [-0.2, 0) is 32.7 Å². The molecule has 0 spiro atoms. The molecule has 0 rings (SSSR count). The minimum atomic E-state index is -4.38. The van der Waals surface area contributed by atoms with Crippen LogP contribution in [-0.4, -0.2) is 49.3 Å². The van der Waals surface area contributed by atoms with Gasteiger partial charge in [0.2, 0.25) is 0 Å². The third-order valence-corrected chi connectivity index (χ3v) is 9.54. The summed E-state index contributed by atoms with van der Waals surface area (Å²) in [7, 11) is -4.38. The second-order valence-corrected chi connectivity index (χ2v) is 14.9. The van der Waals surface area contributed by atoms with E-state index in [9.17, 15) is 19.0 Å². The van der Waals surface area contributed by atoms with Crippen molar-refractivity contribution < 1.29 is 37.6 Å². The smallest absolute Gasteiger partial charge is 0.462 e. The number of phosphoric ester groups is 1. The zero-order valence-corrected chi connectivity index (χ0v) is 33.0. The zero-order chi connectivity index (χ0) is 36.8. The third kappa shape index (κ3) is 36.3. The lowest BCUT2D eigenvalue weighted by Gasteiger charge is -2.19. The van der Waals surface area contributed by atoms with E-state index in [1.54, 1.807) is 0 Å². The number of allylic oxidation sites excluding steroid dienone is 4. The Bertz CT molecular complexity index is 881. The highest BCUT2D eigenvalue weighted by Gasteiger charge is 2.25. The van der Waals surface area contributed by atoms with Gasteiger partial charge in [-0.05, 0) is 64.2 Å². The Morgan fingerprint density at radius 1 is 0.580 bits per heavy atom. The number of hydrogen-bond acceptors (Lipinski definition) is 8. The molecule has 0 aliphatic heterocycles. The first-order valence-corrected chi connectivity index (χ1v) is 21.8. The summed E-state index contributed by atoms with van der Waals surface area (Å²) in [6, 6.07) is 0. The number of phosphoric acid groups is 1. The number of esters is 2. The van der Waals surface area contributed by atoms with Gasteiger partial charge in [0.15, 0.2) is 6.10 Å². The fourth-order valence-corrected chi connectivity index (χ4v) is 6.27. The standard InChI is InChI=1S/C40H76NO8P/c1-3-5-7-9-11-13-15-17-19-21-23-25-27-29-31-33-40(43)49-38(37-48-50(44,45)47-35-34-41)36-46-39(42)32-30-28-26-24-22-20-18-16-14-12-10-8-6-4-2/h16,18,23,25,38H,3-15,17,19-22,24,26-37,41H2,1-2H3,(H,44,45)/b18-16+,25-23+/t38-/m1/s1. The predicted molar refractivity (Wildman–Crippen MR) is 206 cm³/mol. The van der Waals surface area contributed by atoms with Gasteiger partial charge < -0.3 is 20.1 Å². The van der Waals surface area contributed by atoms with Gasteiger partial charge in [0.05, 0.1) is 13.2 Å². The van der Waals surface area contributed by atoms with Crippen molar-refractivity contribution in [3.8, 4) is 0 Å². The van der Waals surface area contributed by atoms with Crippen LogP contribution in [0.4, 0.5) is 0 Å². The molecule has 0 saturated heterocycles. The van der Waals surface area contributed by atoms with Crippen molar-refractivity contribution in [1.29, 1.82) is 0 Å². The molecular weight excluding hydrogens is 653 g/mol. The Balaban J connectivity index is 4.23. The van der Waals surface area contributed by atoms with Crippen LogP contribution >= 0.6 is 7.82 Å². The summed E-state index contributed by atoms with van der Waals surface area (Å²) in [5, 5.41) is 0. The lowest BCUT2D eigenvalue weighted by atomic mass is 10.1. The molecule has 294 valence electrons. The molecule has 0 aromatic rings. The second kappa shape index (κ2) is 37.3. The van der Waals surface area contributed by atoms with Crippen molar-refractivity contribution in [2.24, 2.45) is 5.73 Å². The van der Waals surface area contributed by atoms with Gasteiger partial charge in [-0.2, -0.15) is 0 Å². The Hall–Kier alpha value is -1.51. The van der Waals surface area contributed by atoms with E-state index in [0.29, 0.717) is 6.42 Å². The molecule has 0 aliphatic carbocycles. The minimum absolute atomic E-state index is 0.0503. The molecule has 0 amide bonds. The number of nitrogens with two attached hydrogens (primary N) is 1. The number of carbonyl (C=O) groups excluding carboxylic acids is 2. The molecule has 1 unspecified atom stereocenters. The summed E-state index contributed by atoms with van der Waals surface area (Å²) >= 11 is 0. The maximum Gasteiger partial charge on any atom is 0.472 e. The quantitative estimate of drug-likeness (QED) is 0.0275. The van der Waals surface area contributed by atoms with E-state index in [1.165, 1.54) is 96.3 Å². The van der Waals surface area contributed by atoms with E-state index in [1.807, 2.05) is 0 Å². The van der Waals surface area contributed by atoms with Gasteiger partial charge in [-0.25, -0.2) is 4.57 Å². The van der Waals surface area contributed by atoms with Gasteiger partial charge >= 0.3 is 19.8 Å². The maximum atomic E-state index is 12.5. The van der Waals surface area contributed by atoms with E-state index in [-0.39, 0.29) is 32.6 Å². The Morgan fingerprint density at radius 2 is 0.980 bits per heavy atom. The molecule has 2 atom stereocenters. The first-order valence-electron chi connectivity index (χ1n) is 20.3. The van der Waals surface area contributed by atoms with Crippen molar-refractivity contribution in [2.45, 2.75) is 193 Å². The molecule has 9 nitrogen and oxygen atoms in total. The topological polar surface area (TPSA) is 134 Å². The van der Waals surface area contributed by atoms with Crippen molar-refractivity contribution in [2.75, 3.05) is 26.4 Å². The first-order chi connectivity index (χ1) is 24.3.